The molecule has 2 heterocycles. The van der Waals surface area contributed by atoms with Crippen LogP contribution in [0.3, 0.4) is 0 Å². The monoisotopic (exact) mass is 413 g/mol. The molecule has 0 aliphatic carbocycles. The van der Waals surface area contributed by atoms with Crippen molar-refractivity contribution in [3.8, 4) is 0 Å². The molecule has 154 valence electrons. The average molecular weight is 414 g/mol. The van der Waals surface area contributed by atoms with E-state index in [1.165, 1.54) is 16.9 Å². The number of amides is 3. The van der Waals surface area contributed by atoms with Gasteiger partial charge in [0.25, 0.3) is 11.8 Å². The largest absolute Gasteiger partial charge is 0.340 e. The second kappa shape index (κ2) is 9.22. The van der Waals surface area contributed by atoms with E-state index in [9.17, 15) is 14.4 Å². The predicted octanol–water partition coefficient (Wildman–Crippen LogP) is 2.97. The second-order valence-corrected chi connectivity index (χ2v) is 8.51. The van der Waals surface area contributed by atoms with Crippen LogP contribution in [0.2, 0.25) is 0 Å². The Balaban J connectivity index is 1.52. The smallest absolute Gasteiger partial charge is 0.261 e. The molecule has 29 heavy (non-hydrogen) atoms. The first-order chi connectivity index (χ1) is 13.9. The van der Waals surface area contributed by atoms with Crippen LogP contribution in [0.5, 0.6) is 0 Å². The lowest BCUT2D eigenvalue weighted by molar-refractivity contribution is -0.134. The minimum atomic E-state index is -0.601. The van der Waals surface area contributed by atoms with Crippen LogP contribution in [-0.4, -0.2) is 59.7 Å². The Kier molecular flexibility index (Phi) is 6.69. The Labute approximate surface area is 175 Å². The summed E-state index contributed by atoms with van der Waals surface area (Å²) in [5.74, 6) is 0.0604. The molecule has 0 spiro atoms. The van der Waals surface area contributed by atoms with Gasteiger partial charge in [-0.2, -0.15) is 0 Å². The van der Waals surface area contributed by atoms with Gasteiger partial charge in [-0.3, -0.25) is 14.4 Å². The topological polar surface area (TPSA) is 69.7 Å². The maximum Gasteiger partial charge on any atom is 0.261 e. The fourth-order valence-electron chi connectivity index (χ4n) is 3.33. The number of benzene rings is 1. The Morgan fingerprint density at radius 2 is 1.55 bits per heavy atom. The predicted molar refractivity (Wildman–Crippen MR) is 114 cm³/mol. The fraction of sp³-hybridized carbons (Fsp3) is 0.409. The minimum absolute atomic E-state index is 0.00792. The lowest BCUT2D eigenvalue weighted by Gasteiger charge is -2.36. The van der Waals surface area contributed by atoms with Crippen molar-refractivity contribution in [2.45, 2.75) is 32.7 Å². The number of nitrogens with zero attached hydrogens (tertiary/aromatic N) is 2. The van der Waals surface area contributed by atoms with E-state index in [2.05, 4.69) is 19.2 Å². The molecule has 1 aromatic heterocycles. The zero-order chi connectivity index (χ0) is 21.0. The van der Waals surface area contributed by atoms with E-state index in [4.69, 9.17) is 0 Å². The van der Waals surface area contributed by atoms with Crippen molar-refractivity contribution in [2.24, 2.45) is 0 Å². The molecule has 1 N–H and O–H groups in total. The van der Waals surface area contributed by atoms with Crippen molar-refractivity contribution in [3.05, 3.63) is 57.8 Å². The van der Waals surface area contributed by atoms with Crippen LogP contribution in [-0.2, 0) is 4.79 Å². The van der Waals surface area contributed by atoms with E-state index in [0.29, 0.717) is 42.5 Å². The van der Waals surface area contributed by atoms with Crippen LogP contribution in [0.15, 0.2) is 41.8 Å². The Morgan fingerprint density at radius 1 is 0.931 bits per heavy atom. The number of carbonyl (C=O) groups is 3. The molecule has 1 aliphatic rings. The highest BCUT2D eigenvalue weighted by Crippen LogP contribution is 2.16. The van der Waals surface area contributed by atoms with E-state index >= 15 is 0 Å². The number of piperazine rings is 1. The number of nitrogens with one attached hydrogen (secondary N) is 1. The molecule has 1 unspecified atom stereocenters. The van der Waals surface area contributed by atoms with Crippen molar-refractivity contribution in [3.63, 3.8) is 0 Å². The summed E-state index contributed by atoms with van der Waals surface area (Å²) in [6, 6.07) is 10.7. The summed E-state index contributed by atoms with van der Waals surface area (Å²) < 4.78 is 0. The second-order valence-electron chi connectivity index (χ2n) is 7.57. The van der Waals surface area contributed by atoms with Gasteiger partial charge in [-0.05, 0) is 42.0 Å². The Morgan fingerprint density at radius 3 is 2.10 bits per heavy atom. The third kappa shape index (κ3) is 5.03. The first kappa shape index (κ1) is 21.0. The van der Waals surface area contributed by atoms with E-state index in [-0.39, 0.29) is 17.7 Å². The minimum Gasteiger partial charge on any atom is -0.340 e. The third-order valence-electron chi connectivity index (χ3n) is 5.17. The van der Waals surface area contributed by atoms with Gasteiger partial charge in [0.2, 0.25) is 5.91 Å². The van der Waals surface area contributed by atoms with Gasteiger partial charge in [-0.15, -0.1) is 11.3 Å². The van der Waals surface area contributed by atoms with Gasteiger partial charge in [-0.1, -0.05) is 32.0 Å². The van der Waals surface area contributed by atoms with Crippen molar-refractivity contribution >= 4 is 29.1 Å². The van der Waals surface area contributed by atoms with Gasteiger partial charge < -0.3 is 15.1 Å². The Hall–Kier alpha value is -2.67. The molecular formula is C22H27N3O3S. The van der Waals surface area contributed by atoms with Gasteiger partial charge in [-0.25, -0.2) is 0 Å². The van der Waals surface area contributed by atoms with Crippen LogP contribution in [0.4, 0.5) is 0 Å². The van der Waals surface area contributed by atoms with Crippen LogP contribution < -0.4 is 5.32 Å². The van der Waals surface area contributed by atoms with Gasteiger partial charge in [0.05, 0.1) is 4.88 Å². The highest BCUT2D eigenvalue weighted by molar-refractivity contribution is 7.12. The lowest BCUT2D eigenvalue weighted by Crippen LogP contribution is -2.55. The standard InChI is InChI=1S/C22H27N3O3S/c1-15(2)17-6-8-18(9-7-17)22(28)25-12-10-24(11-13-25)21(27)16(3)23-20(26)19-5-4-14-29-19/h4-9,14-16H,10-13H2,1-3H3,(H,23,26). The SMILES string of the molecule is CC(NC(=O)c1cccs1)C(=O)N1CCN(C(=O)c2ccc(C(C)C)cc2)CC1. The van der Waals surface area contributed by atoms with Crippen LogP contribution in [0.1, 0.15) is 52.3 Å². The van der Waals surface area contributed by atoms with Gasteiger partial charge in [0.1, 0.15) is 6.04 Å². The molecule has 3 amide bonds. The third-order valence-corrected chi connectivity index (χ3v) is 6.03. The maximum atomic E-state index is 12.7. The molecule has 1 aromatic carbocycles. The summed E-state index contributed by atoms with van der Waals surface area (Å²) in [4.78, 5) is 41.6. The number of carbonyl (C=O) groups excluding carboxylic acids is 3. The van der Waals surface area contributed by atoms with Crippen molar-refractivity contribution < 1.29 is 14.4 Å². The first-order valence-electron chi connectivity index (χ1n) is 9.89. The fourth-order valence-corrected chi connectivity index (χ4v) is 3.96. The highest BCUT2D eigenvalue weighted by Gasteiger charge is 2.28. The number of hydrogen-bond acceptors (Lipinski definition) is 4. The van der Waals surface area contributed by atoms with Crippen molar-refractivity contribution in [1.29, 1.82) is 0 Å². The van der Waals surface area contributed by atoms with Crippen LogP contribution in [0, 0.1) is 0 Å². The van der Waals surface area contributed by atoms with Crippen LogP contribution in [0.25, 0.3) is 0 Å². The van der Waals surface area contributed by atoms with Crippen molar-refractivity contribution in [1.82, 2.24) is 15.1 Å². The van der Waals surface area contributed by atoms with Crippen molar-refractivity contribution in [2.75, 3.05) is 26.2 Å². The molecule has 1 saturated heterocycles. The molecule has 3 rings (SSSR count). The molecule has 0 saturated carbocycles. The molecular weight excluding hydrogens is 386 g/mol. The lowest BCUT2D eigenvalue weighted by atomic mass is 10.0. The zero-order valence-electron chi connectivity index (χ0n) is 17.1. The summed E-state index contributed by atoms with van der Waals surface area (Å²) in [6.45, 7) is 7.85. The molecule has 1 atom stereocenters. The molecule has 0 bridgehead atoms. The molecule has 0 radical (unpaired) electrons. The summed E-state index contributed by atoms with van der Waals surface area (Å²) in [6.07, 6.45) is 0. The summed E-state index contributed by atoms with van der Waals surface area (Å²) in [5.41, 5.74) is 1.88. The molecule has 1 aliphatic heterocycles. The highest BCUT2D eigenvalue weighted by atomic mass is 32.1. The van der Waals surface area contributed by atoms with Gasteiger partial charge in [0.15, 0.2) is 0 Å². The van der Waals surface area contributed by atoms with E-state index in [1.807, 2.05) is 29.6 Å². The van der Waals surface area contributed by atoms with E-state index in [1.54, 1.807) is 28.9 Å². The quantitative estimate of drug-likeness (QED) is 0.819. The number of rotatable bonds is 5. The molecule has 2 aromatic rings. The average Bonchev–Trinajstić information content (AvgIpc) is 3.28. The Bertz CT molecular complexity index is 854. The van der Waals surface area contributed by atoms with E-state index in [0.717, 1.165) is 0 Å². The number of thiophene rings is 1. The molecule has 6 nitrogen and oxygen atoms in total. The van der Waals surface area contributed by atoms with Crippen LogP contribution >= 0.6 is 11.3 Å². The van der Waals surface area contributed by atoms with E-state index < -0.39 is 6.04 Å². The number of hydrogen-bond donors (Lipinski definition) is 1. The zero-order valence-corrected chi connectivity index (χ0v) is 17.9. The first-order valence-corrected chi connectivity index (χ1v) is 10.8. The van der Waals surface area contributed by atoms with Gasteiger partial charge >= 0.3 is 0 Å². The molecule has 7 heteroatoms. The summed E-state index contributed by atoms with van der Waals surface area (Å²) in [7, 11) is 0. The maximum absolute atomic E-state index is 12.7. The summed E-state index contributed by atoms with van der Waals surface area (Å²) in [5, 5.41) is 4.58. The normalized spacial score (nSPS) is 15.3. The van der Waals surface area contributed by atoms with Gasteiger partial charge in [0, 0.05) is 31.7 Å². The molecule has 1 fully saturated rings. The summed E-state index contributed by atoms with van der Waals surface area (Å²) >= 11 is 1.34.